The molecular formula is C21H18N4OS. The third kappa shape index (κ3) is 4.30. The molecule has 0 spiro atoms. The van der Waals surface area contributed by atoms with Gasteiger partial charge in [-0.2, -0.15) is 0 Å². The first-order chi connectivity index (χ1) is 13.3. The third-order valence-corrected chi connectivity index (χ3v) is 4.94. The van der Waals surface area contributed by atoms with Gasteiger partial charge in [0, 0.05) is 12.2 Å². The van der Waals surface area contributed by atoms with Crippen molar-refractivity contribution in [1.29, 1.82) is 0 Å². The van der Waals surface area contributed by atoms with Crippen LogP contribution in [0.4, 0.5) is 16.5 Å². The summed E-state index contributed by atoms with van der Waals surface area (Å²) < 4.78 is 6.27. The number of anilines is 1. The van der Waals surface area contributed by atoms with E-state index in [2.05, 4.69) is 32.7 Å². The van der Waals surface area contributed by atoms with Crippen LogP contribution < -0.4 is 10.1 Å². The number of azo groups is 1. The molecule has 27 heavy (non-hydrogen) atoms. The molecule has 1 heterocycles. The zero-order valence-corrected chi connectivity index (χ0v) is 15.6. The highest BCUT2D eigenvalue weighted by molar-refractivity contribution is 7.21. The summed E-state index contributed by atoms with van der Waals surface area (Å²) in [6.07, 6.45) is 0. The molecule has 134 valence electrons. The third-order valence-electron chi connectivity index (χ3n) is 4.04. The molecule has 0 unspecified atom stereocenters. The highest BCUT2D eigenvalue weighted by atomic mass is 32.1. The van der Waals surface area contributed by atoms with Crippen molar-refractivity contribution < 1.29 is 4.74 Å². The summed E-state index contributed by atoms with van der Waals surface area (Å²) in [6.45, 7) is 0.765. The molecule has 0 aliphatic heterocycles. The molecule has 4 aromatic rings. The fraction of sp³-hybridized carbons (Fsp3) is 0.0952. The fourth-order valence-electron chi connectivity index (χ4n) is 2.60. The number of hydrogen-bond donors (Lipinski definition) is 1. The number of hydrogen-bond acceptors (Lipinski definition) is 6. The van der Waals surface area contributed by atoms with Gasteiger partial charge in [0.15, 0.2) is 0 Å². The number of thiazole rings is 1. The van der Waals surface area contributed by atoms with Crippen molar-refractivity contribution in [3.63, 3.8) is 0 Å². The Morgan fingerprint density at radius 3 is 2.56 bits per heavy atom. The molecule has 3 aromatic carbocycles. The van der Waals surface area contributed by atoms with Gasteiger partial charge in [-0.15, -0.1) is 10.2 Å². The van der Waals surface area contributed by atoms with Crippen LogP contribution in [-0.2, 0) is 6.54 Å². The Bertz CT molecular complexity index is 1060. The predicted molar refractivity (Wildman–Crippen MR) is 111 cm³/mol. The lowest BCUT2D eigenvalue weighted by atomic mass is 10.2. The molecule has 0 saturated heterocycles. The maximum absolute atomic E-state index is 5.24. The minimum atomic E-state index is 0.632. The summed E-state index contributed by atoms with van der Waals surface area (Å²) in [6, 6.07) is 23.9. The highest BCUT2D eigenvalue weighted by Gasteiger charge is 2.04. The number of nitrogens with one attached hydrogen (secondary N) is 1. The molecule has 5 nitrogen and oxygen atoms in total. The van der Waals surface area contributed by atoms with E-state index in [1.165, 1.54) is 16.9 Å². The summed E-state index contributed by atoms with van der Waals surface area (Å²) in [5.74, 6) is 0.814. The van der Waals surface area contributed by atoms with Gasteiger partial charge >= 0.3 is 0 Å². The second-order valence-corrected chi connectivity index (χ2v) is 6.93. The van der Waals surface area contributed by atoms with E-state index < -0.39 is 0 Å². The number of nitrogens with zero attached hydrogens (tertiary/aromatic N) is 3. The average Bonchev–Trinajstić information content (AvgIpc) is 3.14. The van der Waals surface area contributed by atoms with Gasteiger partial charge in [-0.25, -0.2) is 4.98 Å². The Labute approximate surface area is 161 Å². The van der Waals surface area contributed by atoms with E-state index in [1.54, 1.807) is 7.11 Å². The smallest absolute Gasteiger partial charge is 0.231 e. The number of aromatic nitrogens is 1. The van der Waals surface area contributed by atoms with Crippen LogP contribution in [0.2, 0.25) is 0 Å². The van der Waals surface area contributed by atoms with Gasteiger partial charge in [0.05, 0.1) is 23.0 Å². The van der Waals surface area contributed by atoms with Crippen molar-refractivity contribution in [2.24, 2.45) is 10.2 Å². The van der Waals surface area contributed by atoms with Crippen molar-refractivity contribution in [3.05, 3.63) is 78.4 Å². The van der Waals surface area contributed by atoms with Crippen LogP contribution in [0, 0.1) is 0 Å². The second-order valence-electron chi connectivity index (χ2n) is 5.92. The van der Waals surface area contributed by atoms with E-state index in [0.717, 1.165) is 33.9 Å². The standard InChI is InChI=1S/C21H18N4OS/c1-26-18-11-12-19-20(13-18)27-21(23-19)25-24-17-9-7-15(8-10-17)14-22-16-5-3-2-4-6-16/h2-13,22H,14H2,1H3. The fourth-order valence-corrected chi connectivity index (χ4v) is 3.42. The van der Waals surface area contributed by atoms with Crippen LogP contribution in [0.3, 0.4) is 0 Å². The first kappa shape index (κ1) is 17.2. The SMILES string of the molecule is COc1ccc2nc(N=Nc3ccc(CNc4ccccc4)cc3)sc2c1. The van der Waals surface area contributed by atoms with Gasteiger partial charge in [0.2, 0.25) is 5.13 Å². The van der Waals surface area contributed by atoms with Gasteiger partial charge in [0.1, 0.15) is 5.75 Å². The summed E-state index contributed by atoms with van der Waals surface area (Å²) in [7, 11) is 1.65. The van der Waals surface area contributed by atoms with Crippen molar-refractivity contribution >= 4 is 38.1 Å². The van der Waals surface area contributed by atoms with E-state index in [-0.39, 0.29) is 0 Å². The molecule has 0 saturated carbocycles. The summed E-state index contributed by atoms with van der Waals surface area (Å²) in [4.78, 5) is 4.48. The van der Waals surface area contributed by atoms with Crippen molar-refractivity contribution in [1.82, 2.24) is 4.98 Å². The minimum Gasteiger partial charge on any atom is -0.497 e. The van der Waals surface area contributed by atoms with Gasteiger partial charge in [0.25, 0.3) is 0 Å². The molecule has 0 amide bonds. The van der Waals surface area contributed by atoms with E-state index in [0.29, 0.717) is 5.13 Å². The normalized spacial score (nSPS) is 11.1. The van der Waals surface area contributed by atoms with Crippen LogP contribution in [0.25, 0.3) is 10.2 Å². The van der Waals surface area contributed by atoms with Crippen LogP contribution in [-0.4, -0.2) is 12.1 Å². The van der Waals surface area contributed by atoms with Gasteiger partial charge < -0.3 is 10.1 Å². The molecule has 1 aromatic heterocycles. The number of para-hydroxylation sites is 1. The van der Waals surface area contributed by atoms with Crippen LogP contribution in [0.1, 0.15) is 5.56 Å². The molecule has 0 aliphatic carbocycles. The first-order valence-electron chi connectivity index (χ1n) is 8.54. The lowest BCUT2D eigenvalue weighted by Crippen LogP contribution is -1.98. The summed E-state index contributed by atoms with van der Waals surface area (Å²) in [5.41, 5.74) is 3.99. The van der Waals surface area contributed by atoms with Crippen LogP contribution >= 0.6 is 11.3 Å². The van der Waals surface area contributed by atoms with E-state index >= 15 is 0 Å². The molecular weight excluding hydrogens is 356 g/mol. The maximum Gasteiger partial charge on any atom is 0.231 e. The predicted octanol–water partition coefficient (Wildman–Crippen LogP) is 6.33. The topological polar surface area (TPSA) is 58.9 Å². The molecule has 0 fully saturated rings. The Balaban J connectivity index is 1.41. The van der Waals surface area contributed by atoms with Crippen molar-refractivity contribution in [2.75, 3.05) is 12.4 Å². The molecule has 0 aliphatic rings. The van der Waals surface area contributed by atoms with E-state index in [4.69, 9.17) is 4.74 Å². The number of methoxy groups -OCH3 is 1. The number of ether oxygens (including phenoxy) is 1. The van der Waals surface area contributed by atoms with Crippen LogP contribution in [0.5, 0.6) is 5.75 Å². The lowest BCUT2D eigenvalue weighted by molar-refractivity contribution is 0.415. The van der Waals surface area contributed by atoms with Gasteiger partial charge in [-0.05, 0) is 48.0 Å². The Kier molecular flexibility index (Phi) is 5.07. The Hall–Kier alpha value is -3.25. The van der Waals surface area contributed by atoms with Gasteiger partial charge in [-0.1, -0.05) is 41.7 Å². The quantitative estimate of drug-likeness (QED) is 0.401. The second kappa shape index (κ2) is 7.97. The molecule has 0 bridgehead atoms. The number of fused-ring (bicyclic) bond motifs is 1. The van der Waals surface area contributed by atoms with Crippen molar-refractivity contribution in [2.45, 2.75) is 6.54 Å². The zero-order valence-electron chi connectivity index (χ0n) is 14.8. The Morgan fingerprint density at radius 1 is 0.963 bits per heavy atom. The summed E-state index contributed by atoms with van der Waals surface area (Å²) >= 11 is 1.49. The molecule has 0 radical (unpaired) electrons. The first-order valence-corrected chi connectivity index (χ1v) is 9.36. The Morgan fingerprint density at radius 2 is 1.78 bits per heavy atom. The lowest BCUT2D eigenvalue weighted by Gasteiger charge is -2.06. The summed E-state index contributed by atoms with van der Waals surface area (Å²) in [5, 5.41) is 12.6. The molecule has 1 N–H and O–H groups in total. The zero-order chi connectivity index (χ0) is 18.5. The molecule has 4 rings (SSSR count). The highest BCUT2D eigenvalue weighted by Crippen LogP contribution is 2.31. The monoisotopic (exact) mass is 374 g/mol. The molecule has 0 atom stereocenters. The van der Waals surface area contributed by atoms with Crippen LogP contribution in [0.15, 0.2) is 83.0 Å². The van der Waals surface area contributed by atoms with E-state index in [9.17, 15) is 0 Å². The molecule has 6 heteroatoms. The van der Waals surface area contributed by atoms with Gasteiger partial charge in [-0.3, -0.25) is 0 Å². The minimum absolute atomic E-state index is 0.632. The number of benzene rings is 3. The largest absolute Gasteiger partial charge is 0.497 e. The maximum atomic E-state index is 5.24. The average molecular weight is 374 g/mol. The van der Waals surface area contributed by atoms with E-state index in [1.807, 2.05) is 60.7 Å². The van der Waals surface area contributed by atoms with Crippen molar-refractivity contribution in [3.8, 4) is 5.75 Å². The number of rotatable bonds is 6.